The largest absolute Gasteiger partial charge is 0.511 e. The number of alkyl halides is 3. The Kier molecular flexibility index (Phi) is 40.5. The van der Waals surface area contributed by atoms with Crippen molar-refractivity contribution in [2.24, 2.45) is 41.2 Å². The summed E-state index contributed by atoms with van der Waals surface area (Å²) in [5.41, 5.74) is 11.7. The summed E-state index contributed by atoms with van der Waals surface area (Å²) in [5, 5.41) is 3.26. The number of alkyl carbamates (subject to hydrolysis) is 1. The number of halogens is 4. The van der Waals surface area contributed by atoms with Gasteiger partial charge in [0.15, 0.2) is 12.1 Å². The smallest absolute Gasteiger partial charge is 0.457 e. The Morgan fingerprint density at radius 2 is 0.957 bits per heavy atom. The van der Waals surface area contributed by atoms with Crippen molar-refractivity contribution in [3.05, 3.63) is 94.5 Å². The fourth-order valence-corrected chi connectivity index (χ4v) is 12.0. The summed E-state index contributed by atoms with van der Waals surface area (Å²) in [6.45, 7) is 22.5. The Labute approximate surface area is 586 Å². The number of carbonyl (C=O) groups excluding carboxylic acids is 6. The Morgan fingerprint density at radius 1 is 0.532 bits per heavy atom. The molecule has 0 spiro atoms. The van der Waals surface area contributed by atoms with Crippen molar-refractivity contribution in [1.82, 2.24) is 5.32 Å². The van der Waals surface area contributed by atoms with E-state index in [4.69, 9.17) is 66.8 Å². The fourth-order valence-electron chi connectivity index (χ4n) is 11.5. The van der Waals surface area contributed by atoms with Gasteiger partial charge in [-0.25, -0.2) is 28.8 Å². The number of nitrogens with two attached hydrogens (primary N) is 1. The van der Waals surface area contributed by atoms with Gasteiger partial charge in [-0.2, -0.15) is 0 Å². The monoisotopic (exact) mass is 1490 g/mol. The molecule has 0 aromatic heterocycles. The van der Waals surface area contributed by atoms with Crippen LogP contribution in [-0.4, -0.2) is 105 Å². The van der Waals surface area contributed by atoms with Gasteiger partial charge in [0.05, 0.1) is 26.4 Å². The Balaban J connectivity index is 0.000000356. The summed E-state index contributed by atoms with van der Waals surface area (Å²) >= 11 is 16.6. The van der Waals surface area contributed by atoms with E-state index >= 15 is 0 Å². The van der Waals surface area contributed by atoms with Crippen molar-refractivity contribution < 1.29 is 85.6 Å². The van der Waals surface area contributed by atoms with E-state index in [1.807, 2.05) is 71.1 Å². The van der Waals surface area contributed by atoms with Gasteiger partial charge in [0.25, 0.3) is 0 Å². The van der Waals surface area contributed by atoms with Crippen molar-refractivity contribution in [3.63, 3.8) is 0 Å². The van der Waals surface area contributed by atoms with E-state index < -0.39 is 30.0 Å². The van der Waals surface area contributed by atoms with Crippen LogP contribution in [0.15, 0.2) is 66.7 Å². The Morgan fingerprint density at radius 3 is 1.39 bits per heavy atom. The molecule has 0 radical (unpaired) electrons. The summed E-state index contributed by atoms with van der Waals surface area (Å²) in [6, 6.07) is 21.8. The molecule has 1 amide bonds. The zero-order valence-electron chi connectivity index (χ0n) is 56.8. The van der Waals surface area contributed by atoms with E-state index in [-0.39, 0.29) is 61.3 Å². The number of fused-ring (bicyclic) bond motifs is 8. The van der Waals surface area contributed by atoms with E-state index in [2.05, 4.69) is 123 Å². The lowest BCUT2D eigenvalue weighted by atomic mass is 9.59. The molecule has 0 aliphatic heterocycles. The van der Waals surface area contributed by atoms with Crippen LogP contribution in [0.3, 0.4) is 0 Å². The van der Waals surface area contributed by atoms with E-state index in [0.29, 0.717) is 78.0 Å². The van der Waals surface area contributed by atoms with Crippen molar-refractivity contribution >= 4 is 93.5 Å². The molecular formula is C70H104Cl3IN2O18. The molecule has 2 saturated carbocycles. The molecule has 0 saturated heterocycles. The third-order valence-corrected chi connectivity index (χ3v) is 17.4. The SMILES string of the molecule is CC(C)CCOC(=O)OCCl.CC(C)CCOC(=O)OCI.CC(C)CCOC(=O)OCOc1ccc2c(c1)[C@@]1(C)CCCCC[C@@H](C2)[C@@H]1N.CC(C)CCOC(=O)OCOc1ccc2c(c1)[C@@]1(C)CCCCC[C@@H](C2)[C@@H]1NC(=O)OCc1ccccc1.O=C(Cl)OCCl. The minimum atomic E-state index is -0.870. The Bertz CT molecular complexity index is 2660. The number of carbonyl (C=O) groups is 6. The highest BCUT2D eigenvalue weighted by molar-refractivity contribution is 14.1. The van der Waals surface area contributed by atoms with Gasteiger partial charge in [-0.05, 0) is 174 Å². The number of nitrogens with one attached hydrogen (secondary N) is 1. The lowest BCUT2D eigenvalue weighted by Gasteiger charge is -2.49. The van der Waals surface area contributed by atoms with Crippen molar-refractivity contribution in [3.8, 4) is 11.5 Å². The third kappa shape index (κ3) is 32.1. The third-order valence-electron chi connectivity index (χ3n) is 16.8. The lowest BCUT2D eigenvalue weighted by molar-refractivity contribution is 0.00207. The average Bonchev–Trinajstić information content (AvgIpc) is 0.756. The van der Waals surface area contributed by atoms with Gasteiger partial charge in [-0.3, -0.25) is 0 Å². The summed E-state index contributed by atoms with van der Waals surface area (Å²) < 4.78 is 59.8. The highest BCUT2D eigenvalue weighted by atomic mass is 127. The normalized spacial score (nSPS) is 19.8. The molecule has 20 nitrogen and oxygen atoms in total. The first-order valence-corrected chi connectivity index (χ1v) is 35.8. The first kappa shape index (κ1) is 82.9. The fraction of sp³-hybridized carbons (Fsp3) is 0.657. The van der Waals surface area contributed by atoms with Gasteiger partial charge in [0.2, 0.25) is 13.6 Å². The van der Waals surface area contributed by atoms with Crippen LogP contribution in [0.2, 0.25) is 0 Å². The van der Waals surface area contributed by atoms with Gasteiger partial charge in [0.1, 0.15) is 22.7 Å². The second-order valence-corrected chi connectivity index (χ2v) is 27.1. The molecule has 7 rings (SSSR count). The van der Waals surface area contributed by atoms with Crippen molar-refractivity contribution in [2.75, 3.05) is 56.8 Å². The minimum Gasteiger partial charge on any atom is -0.457 e. The van der Waals surface area contributed by atoms with Crippen LogP contribution >= 0.6 is 57.4 Å². The zero-order valence-corrected chi connectivity index (χ0v) is 61.2. The highest BCUT2D eigenvalue weighted by Crippen LogP contribution is 2.49. The number of hydrogen-bond acceptors (Lipinski definition) is 19. The number of ether oxygens (including phenoxy) is 12. The van der Waals surface area contributed by atoms with Crippen LogP contribution in [0, 0.1) is 35.5 Å². The van der Waals surface area contributed by atoms with E-state index in [0.717, 1.165) is 69.8 Å². The van der Waals surface area contributed by atoms with Gasteiger partial charge >= 0.3 is 36.1 Å². The van der Waals surface area contributed by atoms with Gasteiger partial charge < -0.3 is 67.9 Å². The average molecular weight is 1490 g/mol. The molecule has 6 atom stereocenters. The molecule has 3 aromatic carbocycles. The quantitative estimate of drug-likeness (QED) is 0.0211. The molecule has 4 aliphatic carbocycles. The molecule has 0 unspecified atom stereocenters. The molecule has 530 valence electrons. The predicted octanol–water partition coefficient (Wildman–Crippen LogP) is 18.4. The van der Waals surface area contributed by atoms with Crippen LogP contribution in [0.25, 0.3) is 0 Å². The van der Waals surface area contributed by atoms with Crippen LogP contribution < -0.4 is 20.5 Å². The molecule has 94 heavy (non-hydrogen) atoms. The lowest BCUT2D eigenvalue weighted by Crippen LogP contribution is -2.57. The minimum absolute atomic E-state index is 0.0192. The summed E-state index contributed by atoms with van der Waals surface area (Å²) in [7, 11) is 0. The summed E-state index contributed by atoms with van der Waals surface area (Å²) in [5.74, 6) is 4.27. The highest BCUT2D eigenvalue weighted by Gasteiger charge is 2.47. The summed E-state index contributed by atoms with van der Waals surface area (Å²) in [4.78, 5) is 66.9. The maximum Gasteiger partial charge on any atom is 0.511 e. The second kappa shape index (κ2) is 46.0. The van der Waals surface area contributed by atoms with E-state index in [1.54, 1.807) is 0 Å². The standard InChI is InChI=1S/C31H41NO6.C23H35NO4.C7H13ClO3.C7H13IO3.C2H2Cl2O2/c1-22(2)15-17-35-30(34)38-21-37-26-14-13-24-18-25-12-8-5-9-16-31(3,27(24)19-26)28(25)32-29(33)36-20-23-10-6-4-7-11-23;1-16(2)10-12-26-22(25)28-15-27-19-9-8-17-13-18-7-5-4-6-11-23(3,21(18)24)20(17)14-19;2*1-6(2)3-4-10-7(9)11-5-8;3-1-6-2(4)5/h4,6-7,10-11,13-14,19,22,25,28H,5,8-9,12,15-18,20-21H2,1-3H3,(H,32,33);8-9,14,16,18,21H,4-7,10-13,15,24H2,1-3H3;2*6H,3-5H2,1-2H3;1H2/t25-,28-,31+;18-,21-,23+;;;/m00.../s1. The number of amides is 1. The van der Waals surface area contributed by atoms with Crippen LogP contribution in [-0.2, 0) is 77.6 Å². The number of hydrogen-bond donors (Lipinski definition) is 2. The van der Waals surface area contributed by atoms with Crippen LogP contribution in [0.4, 0.5) is 28.8 Å². The molecule has 4 bridgehead atoms. The molecule has 3 aromatic rings. The van der Waals surface area contributed by atoms with E-state index in [1.165, 1.54) is 60.8 Å². The topological polar surface area (TPSA) is 251 Å². The molecule has 2 fully saturated rings. The van der Waals surface area contributed by atoms with Crippen LogP contribution in [0.5, 0.6) is 11.5 Å². The van der Waals surface area contributed by atoms with Gasteiger partial charge in [0, 0.05) is 34.5 Å². The Hall–Kier alpha value is -5.36. The first-order chi connectivity index (χ1) is 44.8. The second-order valence-electron chi connectivity index (χ2n) is 25.7. The molecule has 24 heteroatoms. The number of benzene rings is 3. The predicted molar refractivity (Wildman–Crippen MR) is 371 cm³/mol. The first-order valence-electron chi connectivity index (χ1n) is 32.8. The van der Waals surface area contributed by atoms with Crippen molar-refractivity contribution in [1.29, 1.82) is 0 Å². The van der Waals surface area contributed by atoms with E-state index in [9.17, 15) is 28.8 Å². The molecule has 4 aliphatic rings. The summed E-state index contributed by atoms with van der Waals surface area (Å²) in [6.07, 6.45) is 13.8. The molecule has 0 heterocycles. The number of rotatable bonds is 24. The van der Waals surface area contributed by atoms with Gasteiger partial charge in [-0.1, -0.05) is 173 Å². The molecular weight excluding hydrogens is 1390 g/mol. The van der Waals surface area contributed by atoms with Gasteiger partial charge in [-0.15, -0.1) is 0 Å². The van der Waals surface area contributed by atoms with Crippen molar-refractivity contribution in [2.45, 2.75) is 201 Å². The van der Waals surface area contributed by atoms with Crippen LogP contribution in [0.1, 0.15) is 187 Å². The maximum atomic E-state index is 12.9. The zero-order chi connectivity index (χ0) is 69.5. The maximum absolute atomic E-state index is 12.9. The molecule has 3 N–H and O–H groups in total.